The van der Waals surface area contributed by atoms with E-state index in [0.29, 0.717) is 11.3 Å². The molecule has 0 bridgehead atoms. The maximum Gasteiger partial charge on any atom is 0.253 e. The fourth-order valence-electron chi connectivity index (χ4n) is 1.44. The van der Waals surface area contributed by atoms with Crippen LogP contribution in [-0.4, -0.2) is 0 Å². The van der Waals surface area contributed by atoms with Crippen LogP contribution in [0.25, 0.3) is 0 Å². The van der Waals surface area contributed by atoms with Crippen LogP contribution in [0.3, 0.4) is 0 Å². The summed E-state index contributed by atoms with van der Waals surface area (Å²) in [7, 11) is 0. The van der Waals surface area contributed by atoms with E-state index in [0.717, 1.165) is 0 Å². The van der Waals surface area contributed by atoms with Gasteiger partial charge in [0.15, 0.2) is 0 Å². The molecule has 0 fully saturated rings. The van der Waals surface area contributed by atoms with Crippen molar-refractivity contribution in [2.45, 2.75) is 6.92 Å². The molecule has 4 nitrogen and oxygen atoms in total. The number of hydrogen-bond acceptors (Lipinski definition) is 4. The zero-order valence-electron chi connectivity index (χ0n) is 8.50. The number of halogens is 1. The lowest BCUT2D eigenvalue weighted by Gasteiger charge is -2.11. The van der Waals surface area contributed by atoms with Crippen LogP contribution in [0.2, 0.25) is 0 Å². The van der Waals surface area contributed by atoms with Gasteiger partial charge < -0.3 is 11.1 Å². The van der Waals surface area contributed by atoms with Gasteiger partial charge in [-0.25, -0.2) is 4.39 Å². The number of benzene rings is 1. The molecule has 2 aromatic carbocycles. The Labute approximate surface area is 90.2 Å². The highest BCUT2D eigenvalue weighted by Gasteiger charge is 2.18. The quantitative estimate of drug-likeness (QED) is 0.742. The van der Waals surface area contributed by atoms with E-state index in [1.165, 1.54) is 18.2 Å². The highest BCUT2D eigenvalue weighted by molar-refractivity contribution is 5.77. The SMILES string of the molecule is Cc1cc(F)ccc1Nc1c(N)c(=O)c1=O. The van der Waals surface area contributed by atoms with Crippen molar-refractivity contribution >= 4 is 17.1 Å². The second-order valence-corrected chi connectivity index (χ2v) is 3.53. The average molecular weight is 220 g/mol. The van der Waals surface area contributed by atoms with Gasteiger partial charge in [-0.3, -0.25) is 9.59 Å². The standard InChI is InChI=1S/C11H9FN2O2/c1-5-4-6(12)2-3-7(5)14-9-8(13)10(15)11(9)16/h2-4,14H,13H2,1H3. The van der Waals surface area contributed by atoms with Gasteiger partial charge in [-0.05, 0) is 30.7 Å². The van der Waals surface area contributed by atoms with Crippen LogP contribution < -0.4 is 21.9 Å². The smallest absolute Gasteiger partial charge is 0.253 e. The van der Waals surface area contributed by atoms with Crippen LogP contribution in [0.5, 0.6) is 0 Å². The Morgan fingerprint density at radius 3 is 2.50 bits per heavy atom. The van der Waals surface area contributed by atoms with E-state index in [2.05, 4.69) is 5.32 Å². The lowest BCUT2D eigenvalue weighted by atomic mass is 10.1. The molecule has 0 radical (unpaired) electrons. The third-order valence-corrected chi connectivity index (χ3v) is 2.40. The molecular weight excluding hydrogens is 211 g/mol. The van der Waals surface area contributed by atoms with Crippen molar-refractivity contribution in [2.24, 2.45) is 0 Å². The topological polar surface area (TPSA) is 72.2 Å². The molecule has 0 spiro atoms. The second kappa shape index (κ2) is 3.44. The summed E-state index contributed by atoms with van der Waals surface area (Å²) in [5, 5.41) is 2.72. The first-order chi connectivity index (χ1) is 7.50. The monoisotopic (exact) mass is 220 g/mol. The summed E-state index contributed by atoms with van der Waals surface area (Å²) in [5.41, 5.74) is 5.24. The third-order valence-electron chi connectivity index (χ3n) is 2.40. The molecule has 0 aliphatic rings. The minimum Gasteiger partial charge on any atom is -0.394 e. The Morgan fingerprint density at radius 1 is 1.25 bits per heavy atom. The van der Waals surface area contributed by atoms with Crippen molar-refractivity contribution < 1.29 is 4.39 Å². The maximum absolute atomic E-state index is 12.8. The normalized spacial score (nSPS) is 10.6. The Kier molecular flexibility index (Phi) is 2.23. The van der Waals surface area contributed by atoms with E-state index in [1.54, 1.807) is 6.92 Å². The minimum atomic E-state index is -0.678. The van der Waals surface area contributed by atoms with Gasteiger partial charge in [0.05, 0.1) is 0 Å². The fourth-order valence-corrected chi connectivity index (χ4v) is 1.44. The molecule has 0 aliphatic heterocycles. The summed E-state index contributed by atoms with van der Waals surface area (Å²) in [5.74, 6) is -0.360. The molecule has 0 saturated heterocycles. The van der Waals surface area contributed by atoms with Crippen LogP contribution in [0.4, 0.5) is 21.5 Å². The molecule has 2 rings (SSSR count). The van der Waals surface area contributed by atoms with Crippen LogP contribution >= 0.6 is 0 Å². The van der Waals surface area contributed by atoms with Crippen LogP contribution in [0.1, 0.15) is 5.56 Å². The number of rotatable bonds is 2. The van der Waals surface area contributed by atoms with E-state index in [-0.39, 0.29) is 17.2 Å². The van der Waals surface area contributed by atoms with Gasteiger partial charge >= 0.3 is 0 Å². The molecule has 0 heterocycles. The summed E-state index contributed by atoms with van der Waals surface area (Å²) in [4.78, 5) is 22.0. The molecule has 0 amide bonds. The van der Waals surface area contributed by atoms with Gasteiger partial charge in [0.2, 0.25) is 0 Å². The average Bonchev–Trinajstić information content (AvgIpc) is 2.26. The summed E-state index contributed by atoms with van der Waals surface area (Å²) in [6.07, 6.45) is 0. The highest BCUT2D eigenvalue weighted by Crippen LogP contribution is 2.21. The van der Waals surface area contributed by atoms with Gasteiger partial charge in [-0.15, -0.1) is 0 Å². The molecule has 82 valence electrons. The number of nitrogens with one attached hydrogen (secondary N) is 1. The zero-order chi connectivity index (χ0) is 11.9. The van der Waals surface area contributed by atoms with Gasteiger partial charge in [-0.2, -0.15) is 0 Å². The fraction of sp³-hybridized carbons (Fsp3) is 0.0909. The number of aryl methyl sites for hydroxylation is 1. The maximum atomic E-state index is 12.8. The van der Waals surface area contributed by atoms with Gasteiger partial charge in [0, 0.05) is 5.69 Å². The van der Waals surface area contributed by atoms with E-state index in [4.69, 9.17) is 5.73 Å². The molecule has 16 heavy (non-hydrogen) atoms. The van der Waals surface area contributed by atoms with Crippen LogP contribution in [0.15, 0.2) is 27.8 Å². The number of nitrogens with two attached hydrogens (primary N) is 1. The van der Waals surface area contributed by atoms with Gasteiger partial charge in [0.25, 0.3) is 10.9 Å². The molecular formula is C11H9FN2O2. The second-order valence-electron chi connectivity index (χ2n) is 3.53. The summed E-state index contributed by atoms with van der Waals surface area (Å²) < 4.78 is 12.8. The third kappa shape index (κ3) is 1.46. The van der Waals surface area contributed by atoms with Gasteiger partial charge in [0.1, 0.15) is 17.2 Å². The minimum absolute atomic E-state index is 0.0753. The summed E-state index contributed by atoms with van der Waals surface area (Å²) in [6, 6.07) is 4.07. The van der Waals surface area contributed by atoms with E-state index >= 15 is 0 Å². The largest absolute Gasteiger partial charge is 0.394 e. The first-order valence-corrected chi connectivity index (χ1v) is 4.62. The van der Waals surface area contributed by atoms with Crippen molar-refractivity contribution in [3.63, 3.8) is 0 Å². The number of anilines is 3. The first kappa shape index (κ1) is 10.4. The Hall–Kier alpha value is -2.17. The Morgan fingerprint density at radius 2 is 1.94 bits per heavy atom. The predicted molar refractivity (Wildman–Crippen MR) is 60.2 cm³/mol. The predicted octanol–water partition coefficient (Wildman–Crippen LogP) is 1.06. The molecule has 0 unspecified atom stereocenters. The first-order valence-electron chi connectivity index (χ1n) is 4.62. The van der Waals surface area contributed by atoms with E-state index < -0.39 is 10.9 Å². The van der Waals surface area contributed by atoms with Crippen molar-refractivity contribution in [2.75, 3.05) is 11.1 Å². The molecule has 0 aromatic heterocycles. The van der Waals surface area contributed by atoms with Crippen molar-refractivity contribution in [1.82, 2.24) is 0 Å². The summed E-state index contributed by atoms with van der Waals surface area (Å²) >= 11 is 0. The molecule has 2 aromatic rings. The molecule has 0 aliphatic carbocycles. The lowest BCUT2D eigenvalue weighted by Crippen LogP contribution is -2.36. The van der Waals surface area contributed by atoms with Crippen LogP contribution in [0, 0.1) is 12.7 Å². The molecule has 3 N–H and O–H groups in total. The number of nitrogen functional groups attached to an aromatic ring is 1. The van der Waals surface area contributed by atoms with Crippen molar-refractivity contribution in [3.05, 3.63) is 50.0 Å². The molecule has 5 heteroatoms. The molecule has 0 atom stereocenters. The van der Waals surface area contributed by atoms with E-state index in [9.17, 15) is 14.0 Å². The van der Waals surface area contributed by atoms with Crippen molar-refractivity contribution in [3.8, 4) is 0 Å². The van der Waals surface area contributed by atoms with Crippen molar-refractivity contribution in [1.29, 1.82) is 0 Å². The van der Waals surface area contributed by atoms with E-state index in [1.807, 2.05) is 0 Å². The Bertz CT molecular complexity index is 627. The lowest BCUT2D eigenvalue weighted by molar-refractivity contribution is 0.627. The Balaban J connectivity index is 2.36. The highest BCUT2D eigenvalue weighted by atomic mass is 19.1. The summed E-state index contributed by atoms with van der Waals surface area (Å²) in [6.45, 7) is 1.69. The zero-order valence-corrected chi connectivity index (χ0v) is 8.50. The van der Waals surface area contributed by atoms with Crippen LogP contribution in [-0.2, 0) is 0 Å². The van der Waals surface area contributed by atoms with Gasteiger partial charge in [-0.1, -0.05) is 0 Å². The molecule has 0 saturated carbocycles. The number of hydrogen-bond donors (Lipinski definition) is 2.